The van der Waals surface area contributed by atoms with Crippen LogP contribution >= 0.6 is 11.3 Å². The number of nitrogens with zero attached hydrogens (tertiary/aromatic N) is 2. The van der Waals surface area contributed by atoms with Crippen molar-refractivity contribution in [3.05, 3.63) is 47.2 Å². The third-order valence-corrected chi connectivity index (χ3v) is 5.47. The van der Waals surface area contributed by atoms with Gasteiger partial charge in [0.15, 0.2) is 0 Å². The highest BCUT2D eigenvalue weighted by molar-refractivity contribution is 7.13. The quantitative estimate of drug-likeness (QED) is 0.719. The van der Waals surface area contributed by atoms with Gasteiger partial charge in [0.25, 0.3) is 0 Å². The zero-order valence-electron chi connectivity index (χ0n) is 12.4. The van der Waals surface area contributed by atoms with Crippen LogP contribution in [0.3, 0.4) is 0 Å². The number of furan rings is 1. The van der Waals surface area contributed by atoms with E-state index in [1.165, 1.54) is 5.56 Å². The molecule has 4 nitrogen and oxygen atoms in total. The maximum Gasteiger partial charge on any atom is 0.231 e. The Hall–Kier alpha value is -2.40. The van der Waals surface area contributed by atoms with Crippen molar-refractivity contribution in [1.29, 1.82) is 0 Å². The normalized spacial score (nSPS) is 16.0. The summed E-state index contributed by atoms with van der Waals surface area (Å²) < 4.78 is 5.14. The van der Waals surface area contributed by atoms with E-state index in [4.69, 9.17) is 9.40 Å². The molecule has 1 aromatic carbocycles. The number of anilines is 1. The minimum absolute atomic E-state index is 0.232. The van der Waals surface area contributed by atoms with Gasteiger partial charge in [0.1, 0.15) is 11.3 Å². The van der Waals surface area contributed by atoms with Gasteiger partial charge in [0.2, 0.25) is 5.91 Å². The number of aromatic nitrogens is 1. The first-order chi connectivity index (χ1) is 11.3. The summed E-state index contributed by atoms with van der Waals surface area (Å²) >= 11 is 1.62. The smallest absolute Gasteiger partial charge is 0.231 e. The fourth-order valence-corrected chi connectivity index (χ4v) is 4.37. The first-order valence-electron chi connectivity index (χ1n) is 7.74. The first-order valence-corrected chi connectivity index (χ1v) is 8.62. The van der Waals surface area contributed by atoms with E-state index < -0.39 is 0 Å². The van der Waals surface area contributed by atoms with Gasteiger partial charge in [-0.25, -0.2) is 4.98 Å². The van der Waals surface area contributed by atoms with Crippen molar-refractivity contribution in [2.75, 3.05) is 11.4 Å². The third-order valence-electron chi connectivity index (χ3n) is 4.58. The Morgan fingerprint density at radius 3 is 3.00 bits per heavy atom. The lowest BCUT2D eigenvalue weighted by Gasteiger charge is -2.25. The van der Waals surface area contributed by atoms with Gasteiger partial charge in [-0.2, -0.15) is 0 Å². The van der Waals surface area contributed by atoms with Gasteiger partial charge in [-0.1, -0.05) is 0 Å². The van der Waals surface area contributed by atoms with Crippen LogP contribution < -0.4 is 4.90 Å². The lowest BCUT2D eigenvalue weighted by Crippen LogP contribution is -2.31. The van der Waals surface area contributed by atoms with Gasteiger partial charge in [0, 0.05) is 23.1 Å². The average molecular weight is 322 g/mol. The van der Waals surface area contributed by atoms with E-state index in [2.05, 4.69) is 17.5 Å². The molecule has 2 aliphatic rings. The molecule has 0 unspecified atom stereocenters. The molecule has 0 atom stereocenters. The summed E-state index contributed by atoms with van der Waals surface area (Å²) in [4.78, 5) is 18.9. The zero-order chi connectivity index (χ0) is 15.4. The number of rotatable bonds is 2. The van der Waals surface area contributed by atoms with E-state index in [1.54, 1.807) is 23.9 Å². The second-order valence-corrected chi connectivity index (χ2v) is 6.88. The summed E-state index contributed by atoms with van der Waals surface area (Å²) in [6, 6.07) is 6.26. The van der Waals surface area contributed by atoms with Crippen molar-refractivity contribution in [3.8, 4) is 21.8 Å². The fraction of sp³-hybridized carbons (Fsp3) is 0.222. The topological polar surface area (TPSA) is 46.3 Å². The standard InChI is InChI=1S/C18H14N2O2S/c21-16-8-14-7-13(6-11-2-1-4-20(16)17(11)14)15-10-23-18(19-15)12-3-5-22-9-12/h3,5-7,9-10H,1-2,4,8H2. The molecule has 4 heterocycles. The average Bonchev–Trinajstić information content (AvgIpc) is 3.28. The highest BCUT2D eigenvalue weighted by Crippen LogP contribution is 2.40. The molecule has 0 saturated heterocycles. The van der Waals surface area contributed by atoms with Crippen LogP contribution in [0, 0.1) is 0 Å². The molecule has 2 aromatic heterocycles. The van der Waals surface area contributed by atoms with E-state index in [0.29, 0.717) is 6.42 Å². The molecule has 0 fully saturated rings. The number of carbonyl (C=O) groups is 1. The summed E-state index contributed by atoms with van der Waals surface area (Å²) in [7, 11) is 0. The van der Waals surface area contributed by atoms with E-state index in [-0.39, 0.29) is 5.91 Å². The molecule has 0 spiro atoms. The van der Waals surface area contributed by atoms with Crippen LogP contribution in [0.15, 0.2) is 40.5 Å². The van der Waals surface area contributed by atoms with Crippen LogP contribution in [0.1, 0.15) is 17.5 Å². The Morgan fingerprint density at radius 2 is 2.13 bits per heavy atom. The second kappa shape index (κ2) is 4.80. The SMILES string of the molecule is O=C1Cc2cc(-c3csc(-c4ccoc4)n3)cc3c2N1CCC3. The van der Waals surface area contributed by atoms with E-state index in [1.807, 2.05) is 11.0 Å². The summed E-state index contributed by atoms with van der Waals surface area (Å²) in [5.74, 6) is 0.232. The summed E-state index contributed by atoms with van der Waals surface area (Å²) in [6.45, 7) is 0.861. The molecule has 23 heavy (non-hydrogen) atoms. The first kappa shape index (κ1) is 13.1. The number of benzene rings is 1. The number of amides is 1. The monoisotopic (exact) mass is 322 g/mol. The predicted octanol–water partition coefficient (Wildman–Crippen LogP) is 3.91. The minimum atomic E-state index is 0.232. The van der Waals surface area contributed by atoms with Crippen molar-refractivity contribution in [1.82, 2.24) is 4.98 Å². The molecule has 2 aliphatic heterocycles. The molecule has 3 aromatic rings. The van der Waals surface area contributed by atoms with Crippen molar-refractivity contribution < 1.29 is 9.21 Å². The molecule has 5 heteroatoms. The van der Waals surface area contributed by atoms with Crippen LogP contribution in [0.5, 0.6) is 0 Å². The van der Waals surface area contributed by atoms with Crippen molar-refractivity contribution in [2.45, 2.75) is 19.3 Å². The molecule has 114 valence electrons. The maximum atomic E-state index is 12.2. The lowest BCUT2D eigenvalue weighted by atomic mass is 9.96. The van der Waals surface area contributed by atoms with Gasteiger partial charge in [-0.3, -0.25) is 4.79 Å². The van der Waals surface area contributed by atoms with Gasteiger partial charge in [-0.15, -0.1) is 11.3 Å². The molecule has 0 aliphatic carbocycles. The molecule has 1 amide bonds. The number of carbonyl (C=O) groups excluding carboxylic acids is 1. The Kier molecular flexibility index (Phi) is 2.73. The highest BCUT2D eigenvalue weighted by Gasteiger charge is 2.32. The summed E-state index contributed by atoms with van der Waals surface area (Å²) in [5, 5.41) is 3.04. The minimum Gasteiger partial charge on any atom is -0.472 e. The van der Waals surface area contributed by atoms with Gasteiger partial charge < -0.3 is 9.32 Å². The van der Waals surface area contributed by atoms with E-state index in [0.717, 1.165) is 52.5 Å². The van der Waals surface area contributed by atoms with Gasteiger partial charge >= 0.3 is 0 Å². The van der Waals surface area contributed by atoms with E-state index in [9.17, 15) is 4.79 Å². The van der Waals surface area contributed by atoms with Crippen molar-refractivity contribution in [3.63, 3.8) is 0 Å². The maximum absolute atomic E-state index is 12.2. The van der Waals surface area contributed by atoms with Crippen LogP contribution in [0.4, 0.5) is 5.69 Å². The molecule has 0 radical (unpaired) electrons. The third kappa shape index (κ3) is 1.96. The Morgan fingerprint density at radius 1 is 1.22 bits per heavy atom. The Balaban J connectivity index is 1.60. The zero-order valence-corrected chi connectivity index (χ0v) is 13.2. The molecule has 5 rings (SSSR count). The number of hydrogen-bond acceptors (Lipinski definition) is 4. The fourth-order valence-electron chi connectivity index (χ4n) is 3.55. The largest absolute Gasteiger partial charge is 0.472 e. The van der Waals surface area contributed by atoms with Crippen LogP contribution in [0.2, 0.25) is 0 Å². The molecule has 0 saturated carbocycles. The number of thiazole rings is 1. The van der Waals surface area contributed by atoms with Crippen LogP contribution in [-0.2, 0) is 17.6 Å². The second-order valence-electron chi connectivity index (χ2n) is 6.02. The van der Waals surface area contributed by atoms with Gasteiger partial charge in [-0.05, 0) is 42.2 Å². The highest BCUT2D eigenvalue weighted by atomic mass is 32.1. The molecule has 0 bridgehead atoms. The van der Waals surface area contributed by atoms with Crippen LogP contribution in [-0.4, -0.2) is 17.4 Å². The summed E-state index contributed by atoms with van der Waals surface area (Å²) in [6.07, 6.45) is 5.98. The Labute approximate surface area is 137 Å². The number of hydrogen-bond donors (Lipinski definition) is 0. The van der Waals surface area contributed by atoms with Gasteiger partial charge in [0.05, 0.1) is 24.1 Å². The summed E-state index contributed by atoms with van der Waals surface area (Å²) in [5.41, 5.74) is 6.69. The lowest BCUT2D eigenvalue weighted by molar-refractivity contribution is -0.117. The molecule has 0 N–H and O–H groups in total. The van der Waals surface area contributed by atoms with Crippen molar-refractivity contribution in [2.24, 2.45) is 0 Å². The Bertz CT molecular complexity index is 911. The van der Waals surface area contributed by atoms with Crippen molar-refractivity contribution >= 4 is 22.9 Å². The molecular formula is C18H14N2O2S. The number of aryl methyl sites for hydroxylation is 1. The van der Waals surface area contributed by atoms with E-state index >= 15 is 0 Å². The molecular weight excluding hydrogens is 308 g/mol. The predicted molar refractivity (Wildman–Crippen MR) is 89.6 cm³/mol. The van der Waals surface area contributed by atoms with Crippen LogP contribution in [0.25, 0.3) is 21.8 Å².